The van der Waals surface area contributed by atoms with Gasteiger partial charge in [0.2, 0.25) is 0 Å². The summed E-state index contributed by atoms with van der Waals surface area (Å²) < 4.78 is 0. The molecule has 0 aliphatic rings. The van der Waals surface area contributed by atoms with Crippen LogP contribution in [0.25, 0.3) is 0 Å². The van der Waals surface area contributed by atoms with E-state index in [9.17, 15) is 5.11 Å². The second-order valence-electron chi connectivity index (χ2n) is 7.56. The summed E-state index contributed by atoms with van der Waals surface area (Å²) in [5.41, 5.74) is -0.410. The van der Waals surface area contributed by atoms with Crippen molar-refractivity contribution in [3.05, 3.63) is 0 Å². The monoisotopic (exact) mass is 344 g/mol. The van der Waals surface area contributed by atoms with Gasteiger partial charge in [0.25, 0.3) is 0 Å². The molecule has 0 aliphatic heterocycles. The molecule has 1 atom stereocenters. The number of hydrogen-bond donors (Lipinski definition) is 2. The molecule has 0 amide bonds. The summed E-state index contributed by atoms with van der Waals surface area (Å²) in [6.45, 7) is 8.50. The summed E-state index contributed by atoms with van der Waals surface area (Å²) in [5, 5.41) is 18.0. The van der Waals surface area contributed by atoms with Crippen LogP contribution in [0.2, 0.25) is 0 Å². The zero-order valence-electron chi connectivity index (χ0n) is 17.4. The lowest BCUT2D eigenvalue weighted by Crippen LogP contribution is -2.23. The Bertz CT molecular complexity index is 214. The maximum absolute atomic E-state index is 10.4. The normalized spacial score (nSPS) is 13.2. The van der Waals surface area contributed by atoms with Crippen LogP contribution in [-0.2, 0) is 0 Å². The van der Waals surface area contributed by atoms with E-state index < -0.39 is 5.60 Å². The molecule has 0 heterocycles. The molecule has 0 aromatic carbocycles. The molecule has 2 nitrogen and oxygen atoms in total. The van der Waals surface area contributed by atoms with E-state index in [2.05, 4.69) is 13.8 Å². The predicted octanol–water partition coefficient (Wildman–Crippen LogP) is 7.02. The number of hydrogen-bond acceptors (Lipinski definition) is 2. The fourth-order valence-electron chi connectivity index (χ4n) is 3.05. The zero-order chi connectivity index (χ0) is 18.5. The first-order chi connectivity index (χ1) is 11.5. The molecule has 0 saturated heterocycles. The van der Waals surface area contributed by atoms with Crippen LogP contribution in [0.4, 0.5) is 0 Å². The SMILES string of the molecule is CCCCCCCCCCC(C)(O)CCCCCCCC.CCO. The molecule has 1 unspecified atom stereocenters. The van der Waals surface area contributed by atoms with Crippen LogP contribution in [0, 0.1) is 0 Å². The van der Waals surface area contributed by atoms with Crippen molar-refractivity contribution in [2.24, 2.45) is 0 Å². The predicted molar refractivity (Wildman–Crippen MR) is 109 cm³/mol. The van der Waals surface area contributed by atoms with Crippen molar-refractivity contribution < 1.29 is 10.2 Å². The third-order valence-corrected chi connectivity index (χ3v) is 4.64. The quantitative estimate of drug-likeness (QED) is 0.295. The van der Waals surface area contributed by atoms with Crippen molar-refractivity contribution in [1.29, 1.82) is 0 Å². The zero-order valence-corrected chi connectivity index (χ0v) is 17.4. The first kappa shape index (κ1) is 26.2. The Hall–Kier alpha value is -0.0800. The maximum atomic E-state index is 10.4. The van der Waals surface area contributed by atoms with Crippen LogP contribution in [-0.4, -0.2) is 22.4 Å². The first-order valence-electron chi connectivity index (χ1n) is 10.9. The minimum absolute atomic E-state index is 0.250. The van der Waals surface area contributed by atoms with E-state index in [1.54, 1.807) is 6.92 Å². The van der Waals surface area contributed by atoms with E-state index in [-0.39, 0.29) is 6.61 Å². The molecule has 0 rings (SSSR count). The lowest BCUT2D eigenvalue weighted by atomic mass is 9.91. The van der Waals surface area contributed by atoms with Gasteiger partial charge in [0.1, 0.15) is 0 Å². The average Bonchev–Trinajstić information content (AvgIpc) is 2.54. The number of aliphatic hydroxyl groups is 2. The summed E-state index contributed by atoms with van der Waals surface area (Å²) in [5.74, 6) is 0. The Labute approximate surface area is 153 Å². The standard InChI is InChI=1S/C20H42O.C2H6O/c1-4-6-8-10-12-13-15-17-19-20(3,21)18-16-14-11-9-7-5-2;1-2-3/h21H,4-19H2,1-3H3;3H,2H2,1H3. The molecule has 0 fully saturated rings. The summed E-state index contributed by atoms with van der Waals surface area (Å²) >= 11 is 0. The van der Waals surface area contributed by atoms with E-state index in [0.717, 1.165) is 12.8 Å². The maximum Gasteiger partial charge on any atom is 0.0619 e. The van der Waals surface area contributed by atoms with Gasteiger partial charge in [-0.05, 0) is 26.7 Å². The smallest absolute Gasteiger partial charge is 0.0619 e. The summed E-state index contributed by atoms with van der Waals surface area (Å²) in [4.78, 5) is 0. The van der Waals surface area contributed by atoms with Crippen LogP contribution in [0.15, 0.2) is 0 Å². The van der Waals surface area contributed by atoms with E-state index in [1.807, 2.05) is 6.92 Å². The second-order valence-corrected chi connectivity index (χ2v) is 7.56. The number of rotatable bonds is 16. The highest BCUT2D eigenvalue weighted by atomic mass is 16.3. The molecule has 0 bridgehead atoms. The van der Waals surface area contributed by atoms with Crippen molar-refractivity contribution in [2.75, 3.05) is 6.61 Å². The third kappa shape index (κ3) is 24.2. The molecular weight excluding hydrogens is 296 g/mol. The molecular formula is C22H48O2. The molecule has 2 N–H and O–H groups in total. The van der Waals surface area contributed by atoms with Crippen LogP contribution in [0.1, 0.15) is 130 Å². The van der Waals surface area contributed by atoms with Gasteiger partial charge in [-0.15, -0.1) is 0 Å². The lowest BCUT2D eigenvalue weighted by molar-refractivity contribution is 0.0366. The molecule has 24 heavy (non-hydrogen) atoms. The Morgan fingerprint density at radius 2 is 0.792 bits per heavy atom. The van der Waals surface area contributed by atoms with Crippen LogP contribution in [0.3, 0.4) is 0 Å². The van der Waals surface area contributed by atoms with Gasteiger partial charge in [0, 0.05) is 6.61 Å². The van der Waals surface area contributed by atoms with E-state index in [4.69, 9.17) is 5.11 Å². The van der Waals surface area contributed by atoms with Crippen molar-refractivity contribution in [3.8, 4) is 0 Å². The minimum atomic E-state index is -0.410. The number of unbranched alkanes of at least 4 members (excludes halogenated alkanes) is 12. The largest absolute Gasteiger partial charge is 0.397 e. The molecule has 0 aromatic rings. The molecule has 0 aromatic heterocycles. The first-order valence-corrected chi connectivity index (χ1v) is 10.9. The Kier molecular flexibility index (Phi) is 22.8. The van der Waals surface area contributed by atoms with E-state index in [0.29, 0.717) is 0 Å². The molecule has 2 heteroatoms. The van der Waals surface area contributed by atoms with Crippen molar-refractivity contribution in [3.63, 3.8) is 0 Å². The van der Waals surface area contributed by atoms with Gasteiger partial charge in [0.15, 0.2) is 0 Å². The third-order valence-electron chi connectivity index (χ3n) is 4.64. The van der Waals surface area contributed by atoms with Gasteiger partial charge in [-0.3, -0.25) is 0 Å². The van der Waals surface area contributed by atoms with Crippen LogP contribution < -0.4 is 0 Å². The van der Waals surface area contributed by atoms with Gasteiger partial charge in [-0.25, -0.2) is 0 Å². The van der Waals surface area contributed by atoms with Gasteiger partial charge in [0.05, 0.1) is 5.60 Å². The topological polar surface area (TPSA) is 40.5 Å². The highest BCUT2D eigenvalue weighted by molar-refractivity contribution is 4.72. The van der Waals surface area contributed by atoms with E-state index in [1.165, 1.54) is 89.9 Å². The molecule has 148 valence electrons. The average molecular weight is 345 g/mol. The van der Waals surface area contributed by atoms with Gasteiger partial charge < -0.3 is 10.2 Å². The lowest BCUT2D eigenvalue weighted by Gasteiger charge is -2.23. The van der Waals surface area contributed by atoms with Crippen molar-refractivity contribution >= 4 is 0 Å². The fraction of sp³-hybridized carbons (Fsp3) is 1.00. The summed E-state index contributed by atoms with van der Waals surface area (Å²) in [6, 6.07) is 0. The Morgan fingerprint density at radius 1 is 0.542 bits per heavy atom. The molecule has 0 aliphatic carbocycles. The second kappa shape index (κ2) is 21.0. The Morgan fingerprint density at radius 3 is 1.08 bits per heavy atom. The minimum Gasteiger partial charge on any atom is -0.397 e. The number of aliphatic hydroxyl groups excluding tert-OH is 1. The molecule has 0 spiro atoms. The van der Waals surface area contributed by atoms with Gasteiger partial charge >= 0.3 is 0 Å². The van der Waals surface area contributed by atoms with Crippen molar-refractivity contribution in [1.82, 2.24) is 0 Å². The van der Waals surface area contributed by atoms with Crippen molar-refractivity contribution in [2.45, 2.75) is 136 Å². The van der Waals surface area contributed by atoms with Gasteiger partial charge in [-0.1, -0.05) is 104 Å². The molecule has 0 saturated carbocycles. The van der Waals surface area contributed by atoms with E-state index >= 15 is 0 Å². The highest BCUT2D eigenvalue weighted by Crippen LogP contribution is 2.22. The summed E-state index contributed by atoms with van der Waals surface area (Å²) in [7, 11) is 0. The van der Waals surface area contributed by atoms with Crippen LogP contribution in [0.5, 0.6) is 0 Å². The highest BCUT2D eigenvalue weighted by Gasteiger charge is 2.18. The fourth-order valence-corrected chi connectivity index (χ4v) is 3.05. The molecule has 0 radical (unpaired) electrons. The Balaban J connectivity index is 0. The van der Waals surface area contributed by atoms with Crippen LogP contribution >= 0.6 is 0 Å². The van der Waals surface area contributed by atoms with Gasteiger partial charge in [-0.2, -0.15) is 0 Å². The summed E-state index contributed by atoms with van der Waals surface area (Å²) in [6.07, 6.45) is 20.7.